The lowest BCUT2D eigenvalue weighted by Gasteiger charge is -2.33. The van der Waals surface area contributed by atoms with Crippen LogP contribution in [0.25, 0.3) is 0 Å². The predicted octanol–water partition coefficient (Wildman–Crippen LogP) is 2.44. The summed E-state index contributed by atoms with van der Waals surface area (Å²) in [7, 11) is 1.78. The highest BCUT2D eigenvalue weighted by atomic mass is 16.5. The van der Waals surface area contributed by atoms with Crippen molar-refractivity contribution in [3.63, 3.8) is 0 Å². The third kappa shape index (κ3) is 4.00. The summed E-state index contributed by atoms with van der Waals surface area (Å²) in [5.41, 5.74) is 7.18. The Hall–Kier alpha value is -0.970. The highest BCUT2D eigenvalue weighted by molar-refractivity contribution is 5.15. The van der Waals surface area contributed by atoms with E-state index in [0.717, 1.165) is 31.2 Å². The van der Waals surface area contributed by atoms with E-state index in [4.69, 9.17) is 15.2 Å². The number of rotatable bonds is 5. The molecule has 4 heteroatoms. The van der Waals surface area contributed by atoms with E-state index >= 15 is 0 Å². The molecule has 0 aliphatic heterocycles. The zero-order valence-corrected chi connectivity index (χ0v) is 11.8. The zero-order valence-electron chi connectivity index (χ0n) is 11.8. The van der Waals surface area contributed by atoms with Crippen LogP contribution in [0, 0.1) is 0 Å². The molecule has 106 valence electrons. The second kappa shape index (κ2) is 6.98. The molecule has 0 bridgehead atoms. The van der Waals surface area contributed by atoms with Crippen molar-refractivity contribution < 1.29 is 9.47 Å². The number of nitrogens with zero attached hydrogens (tertiary/aromatic N) is 1. The standard InChI is InChI=1S/C15H24N2O2/c1-11(16)15(12-6-8-17-9-7-12)19-14-5-3-4-13(10-14)18-2/h6-9,11,13-15H,3-5,10,16H2,1-2H3. The number of methoxy groups -OCH3 is 1. The molecule has 1 aromatic heterocycles. The summed E-state index contributed by atoms with van der Waals surface area (Å²) in [5.74, 6) is 0. The van der Waals surface area contributed by atoms with Gasteiger partial charge in [-0.3, -0.25) is 4.98 Å². The molecular formula is C15H24N2O2. The highest BCUT2D eigenvalue weighted by Crippen LogP contribution is 2.29. The van der Waals surface area contributed by atoms with Gasteiger partial charge in [-0.25, -0.2) is 0 Å². The molecule has 4 unspecified atom stereocenters. The molecule has 0 spiro atoms. The molecule has 0 amide bonds. The quantitative estimate of drug-likeness (QED) is 0.887. The van der Waals surface area contributed by atoms with Crippen LogP contribution in [0.2, 0.25) is 0 Å². The van der Waals surface area contributed by atoms with Crippen LogP contribution in [-0.2, 0) is 9.47 Å². The van der Waals surface area contributed by atoms with Crippen LogP contribution in [0.4, 0.5) is 0 Å². The van der Waals surface area contributed by atoms with Crippen LogP contribution in [0.3, 0.4) is 0 Å². The average molecular weight is 264 g/mol. The van der Waals surface area contributed by atoms with Crippen LogP contribution in [0.5, 0.6) is 0 Å². The van der Waals surface area contributed by atoms with E-state index in [2.05, 4.69) is 4.98 Å². The molecule has 0 radical (unpaired) electrons. The third-order valence-electron chi connectivity index (χ3n) is 3.76. The van der Waals surface area contributed by atoms with Crippen LogP contribution < -0.4 is 5.73 Å². The van der Waals surface area contributed by atoms with E-state index in [1.54, 1.807) is 19.5 Å². The van der Waals surface area contributed by atoms with Crippen molar-refractivity contribution in [2.75, 3.05) is 7.11 Å². The van der Waals surface area contributed by atoms with Crippen molar-refractivity contribution in [1.29, 1.82) is 0 Å². The smallest absolute Gasteiger partial charge is 0.0977 e. The van der Waals surface area contributed by atoms with E-state index in [1.165, 1.54) is 0 Å². The van der Waals surface area contributed by atoms with Crippen LogP contribution in [-0.4, -0.2) is 30.3 Å². The fourth-order valence-electron chi connectivity index (χ4n) is 2.71. The third-order valence-corrected chi connectivity index (χ3v) is 3.76. The van der Waals surface area contributed by atoms with Gasteiger partial charge in [-0.05, 0) is 50.3 Å². The summed E-state index contributed by atoms with van der Waals surface area (Å²) < 4.78 is 11.7. The monoisotopic (exact) mass is 264 g/mol. The van der Waals surface area contributed by atoms with Gasteiger partial charge >= 0.3 is 0 Å². The van der Waals surface area contributed by atoms with Crippen LogP contribution >= 0.6 is 0 Å². The van der Waals surface area contributed by atoms with E-state index < -0.39 is 0 Å². The molecule has 1 aliphatic carbocycles. The van der Waals surface area contributed by atoms with Gasteiger partial charge in [0.15, 0.2) is 0 Å². The maximum absolute atomic E-state index is 6.24. The van der Waals surface area contributed by atoms with Crippen molar-refractivity contribution in [2.24, 2.45) is 5.73 Å². The molecule has 4 nitrogen and oxygen atoms in total. The fourth-order valence-corrected chi connectivity index (χ4v) is 2.71. The van der Waals surface area contributed by atoms with Gasteiger partial charge in [0, 0.05) is 25.5 Å². The van der Waals surface area contributed by atoms with Crippen molar-refractivity contribution in [1.82, 2.24) is 4.98 Å². The minimum atomic E-state index is -0.0661. The summed E-state index contributed by atoms with van der Waals surface area (Å²) in [4.78, 5) is 4.04. The van der Waals surface area contributed by atoms with E-state index in [-0.39, 0.29) is 18.2 Å². The molecule has 1 aromatic rings. The van der Waals surface area contributed by atoms with E-state index in [0.29, 0.717) is 6.10 Å². The van der Waals surface area contributed by atoms with Gasteiger partial charge < -0.3 is 15.2 Å². The lowest BCUT2D eigenvalue weighted by molar-refractivity contribution is -0.0725. The Kier molecular flexibility index (Phi) is 5.31. The Balaban J connectivity index is 2.01. The Morgan fingerprint density at radius 3 is 2.58 bits per heavy atom. The first kappa shape index (κ1) is 14.4. The lowest BCUT2D eigenvalue weighted by atomic mass is 9.94. The molecule has 1 heterocycles. The lowest BCUT2D eigenvalue weighted by Crippen LogP contribution is -2.34. The van der Waals surface area contributed by atoms with Crippen molar-refractivity contribution in [2.45, 2.75) is 57.0 Å². The summed E-state index contributed by atoms with van der Waals surface area (Å²) in [6.07, 6.45) is 8.41. The van der Waals surface area contributed by atoms with Gasteiger partial charge in [0.05, 0.1) is 18.3 Å². The molecule has 2 N–H and O–H groups in total. The predicted molar refractivity (Wildman–Crippen MR) is 74.8 cm³/mol. The number of hydrogen-bond donors (Lipinski definition) is 1. The molecule has 4 atom stereocenters. The Labute approximate surface area is 115 Å². The molecular weight excluding hydrogens is 240 g/mol. The second-order valence-corrected chi connectivity index (χ2v) is 5.34. The topological polar surface area (TPSA) is 57.4 Å². The first-order valence-electron chi connectivity index (χ1n) is 7.04. The summed E-state index contributed by atoms with van der Waals surface area (Å²) >= 11 is 0. The maximum Gasteiger partial charge on any atom is 0.0977 e. The minimum absolute atomic E-state index is 0.0367. The zero-order chi connectivity index (χ0) is 13.7. The first-order valence-corrected chi connectivity index (χ1v) is 7.04. The van der Waals surface area contributed by atoms with Crippen molar-refractivity contribution in [3.8, 4) is 0 Å². The Morgan fingerprint density at radius 1 is 1.26 bits per heavy atom. The number of aromatic nitrogens is 1. The van der Waals surface area contributed by atoms with Gasteiger partial charge in [-0.15, -0.1) is 0 Å². The Bertz CT molecular complexity index is 370. The largest absolute Gasteiger partial charge is 0.381 e. The molecule has 2 rings (SSSR count). The molecule has 1 aliphatic rings. The van der Waals surface area contributed by atoms with E-state index in [1.807, 2.05) is 19.1 Å². The molecule has 1 saturated carbocycles. The van der Waals surface area contributed by atoms with Crippen molar-refractivity contribution in [3.05, 3.63) is 30.1 Å². The number of ether oxygens (including phenoxy) is 2. The van der Waals surface area contributed by atoms with Gasteiger partial charge in [-0.2, -0.15) is 0 Å². The number of pyridine rings is 1. The average Bonchev–Trinajstić information content (AvgIpc) is 2.45. The van der Waals surface area contributed by atoms with Crippen LogP contribution in [0.1, 0.15) is 44.3 Å². The molecule has 0 aromatic carbocycles. The van der Waals surface area contributed by atoms with Crippen LogP contribution in [0.15, 0.2) is 24.5 Å². The number of nitrogens with two attached hydrogens (primary N) is 1. The highest BCUT2D eigenvalue weighted by Gasteiger charge is 2.27. The molecule has 0 saturated heterocycles. The second-order valence-electron chi connectivity index (χ2n) is 5.34. The summed E-state index contributed by atoms with van der Waals surface area (Å²) in [5, 5.41) is 0. The van der Waals surface area contributed by atoms with Gasteiger partial charge in [0.2, 0.25) is 0 Å². The molecule has 1 fully saturated rings. The van der Waals surface area contributed by atoms with Gasteiger partial charge in [0.25, 0.3) is 0 Å². The van der Waals surface area contributed by atoms with Crippen molar-refractivity contribution >= 4 is 0 Å². The molecule has 19 heavy (non-hydrogen) atoms. The fraction of sp³-hybridized carbons (Fsp3) is 0.667. The normalized spacial score (nSPS) is 26.9. The van der Waals surface area contributed by atoms with Gasteiger partial charge in [0.1, 0.15) is 0 Å². The minimum Gasteiger partial charge on any atom is -0.381 e. The Morgan fingerprint density at radius 2 is 1.95 bits per heavy atom. The summed E-state index contributed by atoms with van der Waals surface area (Å²) in [6, 6.07) is 3.92. The van der Waals surface area contributed by atoms with Gasteiger partial charge in [-0.1, -0.05) is 0 Å². The van der Waals surface area contributed by atoms with E-state index in [9.17, 15) is 0 Å². The first-order chi connectivity index (χ1) is 9.20. The number of hydrogen-bond acceptors (Lipinski definition) is 4. The summed E-state index contributed by atoms with van der Waals surface area (Å²) in [6.45, 7) is 1.99. The maximum atomic E-state index is 6.24. The SMILES string of the molecule is COC1CCCC(OC(c2ccncc2)C(C)N)C1.